The molecule has 2 rings (SSSR count). The third-order valence-electron chi connectivity index (χ3n) is 3.42. The Kier molecular flexibility index (Phi) is 4.28. The van der Waals surface area contributed by atoms with E-state index in [1.54, 1.807) is 6.20 Å². The zero-order chi connectivity index (χ0) is 12.4. The average molecular weight is 319 g/mol. The number of nitrogens with zero attached hydrogens (tertiary/aromatic N) is 2. The van der Waals surface area contributed by atoms with E-state index < -0.39 is 0 Å². The fourth-order valence-electron chi connectivity index (χ4n) is 2.49. The van der Waals surface area contributed by atoms with Crippen LogP contribution < -0.4 is 10.6 Å². The van der Waals surface area contributed by atoms with Gasteiger partial charge in [-0.05, 0) is 40.8 Å². The van der Waals surface area contributed by atoms with Crippen molar-refractivity contribution < 1.29 is 0 Å². The van der Waals surface area contributed by atoms with Crippen LogP contribution in [0, 0.1) is 5.92 Å². The van der Waals surface area contributed by atoms with E-state index >= 15 is 0 Å². The Morgan fingerprint density at radius 2 is 2.41 bits per heavy atom. The largest absolute Gasteiger partial charge is 0.351 e. The van der Waals surface area contributed by atoms with Crippen LogP contribution in [0.4, 0.5) is 5.82 Å². The molecule has 2 atom stereocenters. The van der Waals surface area contributed by atoms with Crippen LogP contribution in [0.25, 0.3) is 0 Å². The summed E-state index contributed by atoms with van der Waals surface area (Å²) in [5, 5.41) is 0.687. The predicted molar refractivity (Wildman–Crippen MR) is 75.5 cm³/mol. The highest BCUT2D eigenvalue weighted by molar-refractivity contribution is 9.10. The molecule has 1 fully saturated rings. The second kappa shape index (κ2) is 5.55. The summed E-state index contributed by atoms with van der Waals surface area (Å²) in [6.07, 6.45) is 4.19. The van der Waals surface area contributed by atoms with E-state index in [0.29, 0.717) is 23.5 Å². The van der Waals surface area contributed by atoms with Gasteiger partial charge in [0, 0.05) is 29.8 Å². The lowest BCUT2D eigenvalue weighted by atomic mass is 9.91. The van der Waals surface area contributed by atoms with E-state index in [1.807, 2.05) is 6.07 Å². The van der Waals surface area contributed by atoms with Gasteiger partial charge in [0.2, 0.25) is 0 Å². The maximum Gasteiger partial charge on any atom is 0.147 e. The van der Waals surface area contributed by atoms with Crippen LogP contribution in [0.3, 0.4) is 0 Å². The first-order valence-corrected chi connectivity index (χ1v) is 7.08. The number of hydrogen-bond acceptors (Lipinski definition) is 3. The normalized spacial score (nSPS) is 25.1. The average Bonchev–Trinajstić information content (AvgIpc) is 2.29. The molecule has 0 amide bonds. The molecule has 0 bridgehead atoms. The first-order valence-electron chi connectivity index (χ1n) is 5.91. The van der Waals surface area contributed by atoms with Gasteiger partial charge >= 0.3 is 0 Å². The van der Waals surface area contributed by atoms with E-state index in [0.717, 1.165) is 16.8 Å². The maximum atomic E-state index is 6.26. The number of rotatable bonds is 2. The topological polar surface area (TPSA) is 42.2 Å². The van der Waals surface area contributed by atoms with Crippen molar-refractivity contribution in [3.05, 3.63) is 21.8 Å². The van der Waals surface area contributed by atoms with Crippen LogP contribution in [-0.2, 0) is 0 Å². The molecule has 1 aliphatic heterocycles. The lowest BCUT2D eigenvalue weighted by Crippen LogP contribution is -2.49. The fourth-order valence-corrected chi connectivity index (χ4v) is 3.23. The molecule has 94 valence electrons. The number of pyridine rings is 1. The van der Waals surface area contributed by atoms with E-state index in [4.69, 9.17) is 17.3 Å². The van der Waals surface area contributed by atoms with Crippen molar-refractivity contribution in [2.45, 2.75) is 25.8 Å². The number of piperidine rings is 1. The van der Waals surface area contributed by atoms with Crippen LogP contribution in [0.15, 0.2) is 16.7 Å². The van der Waals surface area contributed by atoms with E-state index in [1.165, 1.54) is 12.8 Å². The van der Waals surface area contributed by atoms with E-state index in [2.05, 4.69) is 32.7 Å². The molecule has 0 aliphatic carbocycles. The standard InChI is InChI=1S/C12H17BrClN3/c1-8-3-2-4-17(11(8)6-15)12-10(14)5-9(13)7-16-12/h5,7-8,11H,2-4,6,15H2,1H3. The van der Waals surface area contributed by atoms with Crippen LogP contribution in [0.1, 0.15) is 19.8 Å². The van der Waals surface area contributed by atoms with Crippen molar-refractivity contribution in [2.75, 3.05) is 18.0 Å². The summed E-state index contributed by atoms with van der Waals surface area (Å²) in [6.45, 7) is 3.88. The van der Waals surface area contributed by atoms with Gasteiger partial charge < -0.3 is 10.6 Å². The Morgan fingerprint density at radius 1 is 1.65 bits per heavy atom. The second-order valence-electron chi connectivity index (χ2n) is 4.57. The van der Waals surface area contributed by atoms with Crippen molar-refractivity contribution in [3.8, 4) is 0 Å². The molecule has 2 N–H and O–H groups in total. The Balaban J connectivity index is 2.30. The highest BCUT2D eigenvalue weighted by Gasteiger charge is 2.29. The van der Waals surface area contributed by atoms with Crippen LogP contribution in [-0.4, -0.2) is 24.1 Å². The van der Waals surface area contributed by atoms with Crippen LogP contribution in [0.2, 0.25) is 5.02 Å². The minimum atomic E-state index is 0.343. The third-order valence-corrected chi connectivity index (χ3v) is 4.13. The molecule has 5 heteroatoms. The van der Waals surface area contributed by atoms with E-state index in [9.17, 15) is 0 Å². The SMILES string of the molecule is CC1CCCN(c2ncc(Br)cc2Cl)C1CN. The maximum absolute atomic E-state index is 6.26. The van der Waals surface area contributed by atoms with Gasteiger partial charge in [0.1, 0.15) is 5.82 Å². The Morgan fingerprint density at radius 3 is 3.06 bits per heavy atom. The van der Waals surface area contributed by atoms with Crippen molar-refractivity contribution in [2.24, 2.45) is 11.7 Å². The minimum Gasteiger partial charge on any atom is -0.351 e. The van der Waals surface area contributed by atoms with Crippen molar-refractivity contribution in [1.29, 1.82) is 0 Å². The van der Waals surface area contributed by atoms with Gasteiger partial charge in [-0.15, -0.1) is 0 Å². The monoisotopic (exact) mass is 317 g/mol. The number of halogens is 2. The van der Waals surface area contributed by atoms with Crippen molar-refractivity contribution in [1.82, 2.24) is 4.98 Å². The van der Waals surface area contributed by atoms with Crippen molar-refractivity contribution in [3.63, 3.8) is 0 Å². The molecular weight excluding hydrogens is 302 g/mol. The Hall–Kier alpha value is -0.320. The molecule has 0 aromatic carbocycles. The lowest BCUT2D eigenvalue weighted by molar-refractivity contribution is 0.348. The smallest absolute Gasteiger partial charge is 0.147 e. The molecule has 0 spiro atoms. The van der Waals surface area contributed by atoms with Gasteiger partial charge in [0.15, 0.2) is 0 Å². The summed E-state index contributed by atoms with van der Waals surface area (Å²) in [7, 11) is 0. The second-order valence-corrected chi connectivity index (χ2v) is 5.90. The van der Waals surface area contributed by atoms with Crippen LogP contribution >= 0.6 is 27.5 Å². The molecule has 0 radical (unpaired) electrons. The fraction of sp³-hybridized carbons (Fsp3) is 0.583. The summed E-state index contributed by atoms with van der Waals surface area (Å²) in [6, 6.07) is 2.23. The predicted octanol–water partition coefficient (Wildman–Crippen LogP) is 3.06. The minimum absolute atomic E-state index is 0.343. The van der Waals surface area contributed by atoms with Gasteiger partial charge in [0.25, 0.3) is 0 Å². The van der Waals surface area contributed by atoms with Gasteiger partial charge in [0.05, 0.1) is 5.02 Å². The number of aromatic nitrogens is 1. The first-order chi connectivity index (χ1) is 8.13. The van der Waals surface area contributed by atoms with Gasteiger partial charge in [-0.2, -0.15) is 0 Å². The van der Waals surface area contributed by atoms with Gasteiger partial charge in [-0.3, -0.25) is 0 Å². The zero-order valence-electron chi connectivity index (χ0n) is 9.87. The molecule has 3 nitrogen and oxygen atoms in total. The first kappa shape index (κ1) is 13.1. The third kappa shape index (κ3) is 2.75. The summed E-state index contributed by atoms with van der Waals surface area (Å²) in [5.41, 5.74) is 5.88. The van der Waals surface area contributed by atoms with Crippen LogP contribution in [0.5, 0.6) is 0 Å². The summed E-state index contributed by atoms with van der Waals surface area (Å²) < 4.78 is 0.903. The lowest BCUT2D eigenvalue weighted by Gasteiger charge is -2.40. The molecule has 1 saturated heterocycles. The summed E-state index contributed by atoms with van der Waals surface area (Å²) in [5.74, 6) is 1.45. The molecule has 2 unspecified atom stereocenters. The highest BCUT2D eigenvalue weighted by Crippen LogP contribution is 2.32. The number of anilines is 1. The van der Waals surface area contributed by atoms with Gasteiger partial charge in [-0.1, -0.05) is 18.5 Å². The molecule has 1 aliphatic rings. The molecule has 17 heavy (non-hydrogen) atoms. The highest BCUT2D eigenvalue weighted by atomic mass is 79.9. The van der Waals surface area contributed by atoms with Crippen molar-refractivity contribution >= 4 is 33.3 Å². The van der Waals surface area contributed by atoms with E-state index in [-0.39, 0.29) is 0 Å². The number of nitrogens with two attached hydrogens (primary N) is 1. The molecule has 0 saturated carbocycles. The molecular formula is C12H17BrClN3. The zero-order valence-corrected chi connectivity index (χ0v) is 12.2. The van der Waals surface area contributed by atoms with Gasteiger partial charge in [-0.25, -0.2) is 4.98 Å². The number of hydrogen-bond donors (Lipinski definition) is 1. The molecule has 1 aromatic heterocycles. The molecule has 2 heterocycles. The summed E-state index contributed by atoms with van der Waals surface area (Å²) >= 11 is 9.63. The quantitative estimate of drug-likeness (QED) is 0.911. The Labute approximate surface area is 115 Å². The summed E-state index contributed by atoms with van der Waals surface area (Å²) in [4.78, 5) is 6.68. The molecule has 1 aromatic rings. The Bertz CT molecular complexity index is 399.